The Labute approximate surface area is 207 Å². The van der Waals surface area contributed by atoms with Gasteiger partial charge in [0.05, 0.1) is 18.8 Å². The van der Waals surface area contributed by atoms with E-state index in [9.17, 15) is 4.79 Å². The molecule has 0 unspecified atom stereocenters. The number of para-hydroxylation sites is 1. The predicted octanol–water partition coefficient (Wildman–Crippen LogP) is 5.46. The minimum absolute atomic E-state index is 0.00987. The molecule has 0 spiro atoms. The number of piperidine rings is 1. The second-order valence-corrected chi connectivity index (χ2v) is 10.3. The fourth-order valence-corrected chi connectivity index (χ4v) is 5.96. The summed E-state index contributed by atoms with van der Waals surface area (Å²) in [7, 11) is 0. The van der Waals surface area contributed by atoms with E-state index in [-0.39, 0.29) is 23.7 Å². The summed E-state index contributed by atoms with van der Waals surface area (Å²) in [6.07, 6.45) is 6.21. The van der Waals surface area contributed by atoms with Crippen molar-refractivity contribution in [2.45, 2.75) is 70.4 Å². The average molecular weight is 478 g/mol. The van der Waals surface area contributed by atoms with Crippen molar-refractivity contribution in [3.8, 4) is 11.5 Å². The number of nitrogens with zero attached hydrogens (tertiary/aromatic N) is 1. The minimum atomic E-state index is -0.935. The first-order valence-electron chi connectivity index (χ1n) is 12.7. The number of carboxylic acids is 1. The van der Waals surface area contributed by atoms with Crippen LogP contribution in [0.25, 0.3) is 6.08 Å². The van der Waals surface area contributed by atoms with Gasteiger partial charge in [-0.1, -0.05) is 36.4 Å². The summed E-state index contributed by atoms with van der Waals surface area (Å²) in [4.78, 5) is 13.3. The Bertz CT molecular complexity index is 1090. The molecule has 6 nitrogen and oxygen atoms in total. The highest BCUT2D eigenvalue weighted by Crippen LogP contribution is 2.54. The molecule has 2 aromatic carbocycles. The maximum atomic E-state index is 10.8. The van der Waals surface area contributed by atoms with Gasteiger partial charge >= 0.3 is 5.97 Å². The van der Waals surface area contributed by atoms with Crippen molar-refractivity contribution < 1.29 is 24.1 Å². The molecule has 0 aliphatic carbocycles. The molecule has 0 bridgehead atoms. The van der Waals surface area contributed by atoms with Crippen molar-refractivity contribution in [2.24, 2.45) is 5.92 Å². The highest BCUT2D eigenvalue weighted by atomic mass is 16.5. The molecule has 2 saturated heterocycles. The number of benzene rings is 2. The summed E-state index contributed by atoms with van der Waals surface area (Å²) in [6.45, 7) is 8.86. The van der Waals surface area contributed by atoms with Crippen molar-refractivity contribution in [2.75, 3.05) is 13.2 Å². The maximum Gasteiger partial charge on any atom is 0.328 e. The van der Waals surface area contributed by atoms with E-state index in [0.717, 1.165) is 55.0 Å². The molecule has 5 rings (SSSR count). The molecule has 3 heterocycles. The Morgan fingerprint density at radius 2 is 2.03 bits per heavy atom. The monoisotopic (exact) mass is 477 g/mol. The Balaban J connectivity index is 1.36. The van der Waals surface area contributed by atoms with E-state index >= 15 is 0 Å². The van der Waals surface area contributed by atoms with Crippen molar-refractivity contribution >= 4 is 12.0 Å². The summed E-state index contributed by atoms with van der Waals surface area (Å²) < 4.78 is 19.4. The smallest absolute Gasteiger partial charge is 0.328 e. The lowest BCUT2D eigenvalue weighted by molar-refractivity contribution is -0.190. The van der Waals surface area contributed by atoms with Gasteiger partial charge in [0, 0.05) is 30.1 Å². The van der Waals surface area contributed by atoms with Gasteiger partial charge in [0.1, 0.15) is 5.60 Å². The first-order valence-corrected chi connectivity index (χ1v) is 12.7. The molecule has 3 aliphatic heterocycles. The third-order valence-corrected chi connectivity index (χ3v) is 7.67. The normalized spacial score (nSPS) is 27.4. The lowest BCUT2D eigenvalue weighted by Gasteiger charge is -2.54. The molecule has 1 N–H and O–H groups in total. The van der Waals surface area contributed by atoms with Crippen LogP contribution in [0.3, 0.4) is 0 Å². The fourth-order valence-electron chi connectivity index (χ4n) is 5.96. The van der Waals surface area contributed by atoms with Gasteiger partial charge < -0.3 is 19.3 Å². The van der Waals surface area contributed by atoms with Crippen LogP contribution in [0, 0.1) is 5.92 Å². The first-order chi connectivity index (χ1) is 16.9. The molecule has 35 heavy (non-hydrogen) atoms. The first kappa shape index (κ1) is 23.9. The van der Waals surface area contributed by atoms with Gasteiger partial charge in [-0.2, -0.15) is 0 Å². The van der Waals surface area contributed by atoms with Gasteiger partial charge in [-0.05, 0) is 69.8 Å². The second-order valence-electron chi connectivity index (χ2n) is 10.3. The van der Waals surface area contributed by atoms with Gasteiger partial charge in [0.15, 0.2) is 11.5 Å². The number of rotatable bonds is 6. The zero-order valence-electron chi connectivity index (χ0n) is 20.8. The predicted molar refractivity (Wildman–Crippen MR) is 135 cm³/mol. The summed E-state index contributed by atoms with van der Waals surface area (Å²) in [6, 6.07) is 14.6. The molecule has 2 fully saturated rings. The van der Waals surface area contributed by atoms with E-state index in [1.165, 1.54) is 11.6 Å². The standard InChI is InChI=1S/C29H35NO5/c1-4-33-25-8-5-7-21-27-22(29(2,3)35-28(21)25)17-23-24(34-27)9-6-16-30(23)18-20-12-10-19(11-13-20)14-15-26(31)32/h5,7-8,10-15,22-24,27H,4,6,9,16-18H2,1-3H3,(H,31,32)/b15-14+/t22-,23-,24-,27+/m1/s1. The van der Waals surface area contributed by atoms with Crippen LogP contribution >= 0.6 is 0 Å². The van der Waals surface area contributed by atoms with E-state index in [1.807, 2.05) is 31.2 Å². The second kappa shape index (κ2) is 9.67. The number of fused-ring (bicyclic) bond motifs is 4. The quantitative estimate of drug-likeness (QED) is 0.557. The number of likely N-dealkylation sites (tertiary alicyclic amines) is 1. The van der Waals surface area contributed by atoms with Gasteiger partial charge in [-0.25, -0.2) is 4.79 Å². The number of aliphatic carboxylic acids is 1. The molecular formula is C29H35NO5. The van der Waals surface area contributed by atoms with Gasteiger partial charge in [-0.3, -0.25) is 4.90 Å². The van der Waals surface area contributed by atoms with Crippen LogP contribution < -0.4 is 9.47 Å². The van der Waals surface area contributed by atoms with Crippen LogP contribution in [0.2, 0.25) is 0 Å². The Kier molecular flexibility index (Phi) is 6.60. The molecule has 6 heteroatoms. The zero-order chi connectivity index (χ0) is 24.6. The molecule has 0 aromatic heterocycles. The third kappa shape index (κ3) is 4.82. The summed E-state index contributed by atoms with van der Waals surface area (Å²) >= 11 is 0. The Morgan fingerprint density at radius 1 is 1.23 bits per heavy atom. The number of ether oxygens (including phenoxy) is 3. The van der Waals surface area contributed by atoms with Crippen LogP contribution in [0.5, 0.6) is 11.5 Å². The van der Waals surface area contributed by atoms with Crippen molar-refractivity contribution in [3.05, 3.63) is 65.2 Å². The lowest BCUT2D eigenvalue weighted by Crippen LogP contribution is -2.58. The SMILES string of the molecule is CCOc1cccc2c1OC(C)(C)[C@@H]1C[C@@H]3[C@@H](CCCN3Cc3ccc(/C=C/C(=O)O)cc3)O[C@@H]21. The van der Waals surface area contributed by atoms with Crippen molar-refractivity contribution in [1.82, 2.24) is 4.90 Å². The van der Waals surface area contributed by atoms with E-state index in [4.69, 9.17) is 19.3 Å². The van der Waals surface area contributed by atoms with Crippen molar-refractivity contribution in [1.29, 1.82) is 0 Å². The lowest BCUT2D eigenvalue weighted by atomic mass is 9.72. The zero-order valence-corrected chi connectivity index (χ0v) is 20.8. The van der Waals surface area contributed by atoms with E-state index in [2.05, 4.69) is 36.9 Å². The number of hydrogen-bond donors (Lipinski definition) is 1. The molecule has 2 aromatic rings. The van der Waals surface area contributed by atoms with Gasteiger partial charge in [0.25, 0.3) is 0 Å². The van der Waals surface area contributed by atoms with Crippen LogP contribution in [0.15, 0.2) is 48.5 Å². The van der Waals surface area contributed by atoms with Gasteiger partial charge in [0.2, 0.25) is 0 Å². The maximum absolute atomic E-state index is 10.8. The average Bonchev–Trinajstić information content (AvgIpc) is 2.83. The van der Waals surface area contributed by atoms with Gasteiger partial charge in [-0.15, -0.1) is 0 Å². The summed E-state index contributed by atoms with van der Waals surface area (Å²) in [5.74, 6) is 0.950. The molecule has 4 atom stereocenters. The van der Waals surface area contributed by atoms with Crippen LogP contribution in [0.1, 0.15) is 62.8 Å². The Morgan fingerprint density at radius 3 is 2.77 bits per heavy atom. The number of carboxylic acid groups (broad SMARTS) is 1. The summed E-state index contributed by atoms with van der Waals surface area (Å²) in [5.41, 5.74) is 2.87. The summed E-state index contributed by atoms with van der Waals surface area (Å²) in [5, 5.41) is 8.85. The molecule has 186 valence electrons. The molecule has 0 amide bonds. The highest BCUT2D eigenvalue weighted by molar-refractivity contribution is 5.85. The van der Waals surface area contributed by atoms with E-state index < -0.39 is 5.97 Å². The number of carbonyl (C=O) groups is 1. The third-order valence-electron chi connectivity index (χ3n) is 7.67. The van der Waals surface area contributed by atoms with Crippen molar-refractivity contribution in [3.63, 3.8) is 0 Å². The molecule has 0 radical (unpaired) electrons. The van der Waals surface area contributed by atoms with Crippen LogP contribution in [-0.4, -0.2) is 46.9 Å². The topological polar surface area (TPSA) is 68.2 Å². The minimum Gasteiger partial charge on any atom is -0.490 e. The van der Waals surface area contributed by atoms with Crippen LogP contribution in [-0.2, 0) is 16.1 Å². The van der Waals surface area contributed by atoms with E-state index in [0.29, 0.717) is 12.6 Å². The Hall–Kier alpha value is -2.83. The van der Waals surface area contributed by atoms with E-state index in [1.54, 1.807) is 6.08 Å². The molecule has 3 aliphatic rings. The molecular weight excluding hydrogens is 442 g/mol. The highest BCUT2D eigenvalue weighted by Gasteiger charge is 2.52. The van der Waals surface area contributed by atoms with Crippen LogP contribution in [0.4, 0.5) is 0 Å². The largest absolute Gasteiger partial charge is 0.490 e. The number of hydrogen-bond acceptors (Lipinski definition) is 5. The fraction of sp³-hybridized carbons (Fsp3) is 0.483. The molecule has 0 saturated carbocycles.